The highest BCUT2D eigenvalue weighted by molar-refractivity contribution is 7.99. The predicted octanol–water partition coefficient (Wildman–Crippen LogP) is 3.88. The summed E-state index contributed by atoms with van der Waals surface area (Å²) in [4.78, 5) is 21.4. The van der Waals surface area contributed by atoms with Crippen LogP contribution in [0.15, 0.2) is 54.6 Å². The number of rotatable bonds is 5. The molecule has 1 fully saturated rings. The van der Waals surface area contributed by atoms with Gasteiger partial charge in [-0.1, -0.05) is 30.3 Å². The van der Waals surface area contributed by atoms with E-state index in [1.807, 2.05) is 29.2 Å². The lowest BCUT2D eigenvalue weighted by Gasteiger charge is -2.36. The van der Waals surface area contributed by atoms with Crippen LogP contribution in [0.1, 0.15) is 5.01 Å². The number of carbonyl (C=O) groups excluding carboxylic acids is 1. The van der Waals surface area contributed by atoms with Gasteiger partial charge in [0.25, 0.3) is 0 Å². The summed E-state index contributed by atoms with van der Waals surface area (Å²) in [7, 11) is 0. The highest BCUT2D eigenvalue weighted by Crippen LogP contribution is 2.25. The van der Waals surface area contributed by atoms with E-state index < -0.39 is 0 Å². The van der Waals surface area contributed by atoms with Crippen molar-refractivity contribution in [1.29, 1.82) is 0 Å². The molecule has 1 aliphatic rings. The average Bonchev–Trinajstić information content (AvgIpc) is 3.11. The molecule has 1 saturated heterocycles. The summed E-state index contributed by atoms with van der Waals surface area (Å²) in [5.74, 6) is 1.57. The molecule has 134 valence electrons. The van der Waals surface area contributed by atoms with Gasteiger partial charge in [0, 0.05) is 37.6 Å². The summed E-state index contributed by atoms with van der Waals surface area (Å²) in [6, 6.07) is 18.6. The van der Waals surface area contributed by atoms with E-state index in [9.17, 15) is 4.79 Å². The average molecular weight is 384 g/mol. The number of thiazole rings is 1. The van der Waals surface area contributed by atoms with Gasteiger partial charge >= 0.3 is 0 Å². The lowest BCUT2D eigenvalue weighted by molar-refractivity contribution is -0.128. The molecular formula is C20H21N3OS2. The number of nitrogens with zero attached hydrogens (tertiary/aromatic N) is 3. The van der Waals surface area contributed by atoms with Crippen molar-refractivity contribution < 1.29 is 4.79 Å². The third-order valence-corrected chi connectivity index (χ3v) is 6.69. The number of piperazine rings is 1. The molecule has 4 nitrogen and oxygen atoms in total. The van der Waals surface area contributed by atoms with E-state index in [4.69, 9.17) is 0 Å². The van der Waals surface area contributed by atoms with Gasteiger partial charge in [0.1, 0.15) is 5.01 Å². The van der Waals surface area contributed by atoms with Crippen molar-refractivity contribution >= 4 is 44.9 Å². The summed E-state index contributed by atoms with van der Waals surface area (Å²) in [6.45, 7) is 3.40. The Balaban J connectivity index is 1.24. The van der Waals surface area contributed by atoms with Crippen LogP contribution < -0.4 is 4.90 Å². The van der Waals surface area contributed by atoms with Crippen LogP contribution in [0, 0.1) is 0 Å². The fourth-order valence-corrected chi connectivity index (χ4v) is 5.10. The molecule has 3 aromatic rings. The number of carbonyl (C=O) groups is 1. The van der Waals surface area contributed by atoms with Crippen LogP contribution in [-0.2, 0) is 10.5 Å². The van der Waals surface area contributed by atoms with Crippen molar-refractivity contribution in [3.05, 3.63) is 59.6 Å². The first-order chi connectivity index (χ1) is 12.8. The van der Waals surface area contributed by atoms with Crippen molar-refractivity contribution in [2.75, 3.05) is 36.8 Å². The first kappa shape index (κ1) is 17.4. The van der Waals surface area contributed by atoms with Crippen LogP contribution >= 0.6 is 23.1 Å². The van der Waals surface area contributed by atoms with Gasteiger partial charge in [-0.25, -0.2) is 4.98 Å². The molecule has 0 spiro atoms. The summed E-state index contributed by atoms with van der Waals surface area (Å²) in [5.41, 5.74) is 2.29. The lowest BCUT2D eigenvalue weighted by atomic mass is 10.2. The van der Waals surface area contributed by atoms with Gasteiger partial charge in [0.05, 0.1) is 16.0 Å². The van der Waals surface area contributed by atoms with E-state index in [0.717, 1.165) is 42.5 Å². The van der Waals surface area contributed by atoms with Gasteiger partial charge in [0.2, 0.25) is 5.91 Å². The minimum Gasteiger partial charge on any atom is -0.368 e. The zero-order valence-electron chi connectivity index (χ0n) is 14.5. The molecule has 2 heterocycles. The zero-order valence-corrected chi connectivity index (χ0v) is 16.1. The quantitative estimate of drug-likeness (QED) is 0.670. The van der Waals surface area contributed by atoms with Gasteiger partial charge in [-0.2, -0.15) is 0 Å². The second kappa shape index (κ2) is 8.10. The van der Waals surface area contributed by atoms with Gasteiger partial charge in [-0.05, 0) is 24.3 Å². The van der Waals surface area contributed by atoms with Gasteiger partial charge in [-0.3, -0.25) is 4.79 Å². The number of hydrogen-bond acceptors (Lipinski definition) is 5. The molecule has 0 aliphatic carbocycles. The van der Waals surface area contributed by atoms with Crippen LogP contribution in [0.2, 0.25) is 0 Å². The molecule has 26 heavy (non-hydrogen) atoms. The number of hydrogen-bond donors (Lipinski definition) is 0. The molecule has 0 N–H and O–H groups in total. The van der Waals surface area contributed by atoms with E-state index in [0.29, 0.717) is 5.75 Å². The van der Waals surface area contributed by atoms with E-state index in [-0.39, 0.29) is 5.91 Å². The highest BCUT2D eigenvalue weighted by Gasteiger charge is 2.21. The predicted molar refractivity (Wildman–Crippen MR) is 111 cm³/mol. The molecule has 4 rings (SSSR count). The number of thioether (sulfide) groups is 1. The Morgan fingerprint density at radius 2 is 1.73 bits per heavy atom. The summed E-state index contributed by atoms with van der Waals surface area (Å²) in [6.07, 6.45) is 0. The molecule has 6 heteroatoms. The van der Waals surface area contributed by atoms with Crippen molar-refractivity contribution in [3.63, 3.8) is 0 Å². The van der Waals surface area contributed by atoms with Crippen molar-refractivity contribution in [3.8, 4) is 0 Å². The van der Waals surface area contributed by atoms with Crippen LogP contribution in [0.3, 0.4) is 0 Å². The molecule has 0 saturated carbocycles. The molecule has 1 aliphatic heterocycles. The smallest absolute Gasteiger partial charge is 0.232 e. The van der Waals surface area contributed by atoms with E-state index >= 15 is 0 Å². The second-order valence-electron chi connectivity index (χ2n) is 6.27. The zero-order chi connectivity index (χ0) is 17.8. The molecule has 2 aromatic carbocycles. The normalized spacial score (nSPS) is 14.8. The maximum Gasteiger partial charge on any atom is 0.232 e. The summed E-state index contributed by atoms with van der Waals surface area (Å²) >= 11 is 3.38. The Kier molecular flexibility index (Phi) is 5.41. The van der Waals surface area contributed by atoms with Crippen molar-refractivity contribution in [2.24, 2.45) is 0 Å². The SMILES string of the molecule is O=C(CSCc1nc2ccccc2s1)N1CCN(c2ccccc2)CC1. The number of fused-ring (bicyclic) bond motifs is 1. The number of benzene rings is 2. The van der Waals surface area contributed by atoms with Crippen LogP contribution in [0.4, 0.5) is 5.69 Å². The third kappa shape index (κ3) is 4.02. The molecule has 0 radical (unpaired) electrons. The highest BCUT2D eigenvalue weighted by atomic mass is 32.2. The van der Waals surface area contributed by atoms with Gasteiger partial charge in [0.15, 0.2) is 0 Å². The number of para-hydroxylation sites is 2. The standard InChI is InChI=1S/C20H21N3OS2/c24-20(15-25-14-19-21-17-8-4-5-9-18(17)26-19)23-12-10-22(11-13-23)16-6-2-1-3-7-16/h1-9H,10-15H2. The van der Waals surface area contributed by atoms with Crippen LogP contribution in [0.5, 0.6) is 0 Å². The molecule has 0 atom stereocenters. The molecule has 1 aromatic heterocycles. The molecule has 1 amide bonds. The van der Waals surface area contributed by atoms with E-state index in [1.54, 1.807) is 23.1 Å². The molecule has 0 bridgehead atoms. The van der Waals surface area contributed by atoms with E-state index in [1.165, 1.54) is 10.4 Å². The lowest BCUT2D eigenvalue weighted by Crippen LogP contribution is -2.49. The largest absolute Gasteiger partial charge is 0.368 e. The summed E-state index contributed by atoms with van der Waals surface area (Å²) in [5, 5.41) is 1.10. The van der Waals surface area contributed by atoms with Gasteiger partial charge < -0.3 is 9.80 Å². The fraction of sp³-hybridized carbons (Fsp3) is 0.300. The minimum atomic E-state index is 0.240. The third-order valence-electron chi connectivity index (χ3n) is 4.54. The van der Waals surface area contributed by atoms with Crippen molar-refractivity contribution in [1.82, 2.24) is 9.88 Å². The fourth-order valence-electron chi connectivity index (χ4n) is 3.15. The Hall–Kier alpha value is -2.05. The Morgan fingerprint density at radius 3 is 2.50 bits per heavy atom. The minimum absolute atomic E-state index is 0.240. The number of amides is 1. The van der Waals surface area contributed by atoms with Crippen LogP contribution in [0.25, 0.3) is 10.2 Å². The van der Waals surface area contributed by atoms with Crippen LogP contribution in [-0.4, -0.2) is 47.7 Å². The topological polar surface area (TPSA) is 36.4 Å². The monoisotopic (exact) mass is 383 g/mol. The Labute approximate surface area is 161 Å². The van der Waals surface area contributed by atoms with Crippen molar-refractivity contribution in [2.45, 2.75) is 5.75 Å². The van der Waals surface area contributed by atoms with Gasteiger partial charge in [-0.15, -0.1) is 23.1 Å². The Bertz CT molecular complexity index is 840. The maximum absolute atomic E-state index is 12.5. The number of aromatic nitrogens is 1. The number of anilines is 1. The molecular weight excluding hydrogens is 362 g/mol. The Morgan fingerprint density at radius 1 is 1.00 bits per heavy atom. The summed E-state index contributed by atoms with van der Waals surface area (Å²) < 4.78 is 1.21. The maximum atomic E-state index is 12.5. The molecule has 0 unspecified atom stereocenters. The second-order valence-corrected chi connectivity index (χ2v) is 8.37. The first-order valence-corrected chi connectivity index (χ1v) is 10.8. The van der Waals surface area contributed by atoms with E-state index in [2.05, 4.69) is 40.2 Å². The first-order valence-electron chi connectivity index (χ1n) is 8.79.